The molecule has 1 aliphatic rings. The average Bonchev–Trinajstić information content (AvgIpc) is 2.72. The number of nitrogens with one attached hydrogen (secondary N) is 1. The molecule has 4 heteroatoms. The molecule has 4 nitrogen and oxygen atoms in total. The van der Waals surface area contributed by atoms with Gasteiger partial charge in [-0.3, -0.25) is 0 Å². The highest BCUT2D eigenvalue weighted by Crippen LogP contribution is 2.38. The van der Waals surface area contributed by atoms with E-state index >= 15 is 0 Å². The van der Waals surface area contributed by atoms with Crippen LogP contribution >= 0.6 is 0 Å². The van der Waals surface area contributed by atoms with Gasteiger partial charge in [-0.1, -0.05) is 5.16 Å². The number of H-pyrrole nitrogens is 1. The summed E-state index contributed by atoms with van der Waals surface area (Å²) in [4.78, 5) is 7.34. The van der Waals surface area contributed by atoms with Crippen molar-refractivity contribution in [3.8, 4) is 11.6 Å². The normalized spacial score (nSPS) is 16.3. The Bertz CT molecular complexity index is 400. The molecule has 3 rings (SSSR count). The third kappa shape index (κ3) is 1.14. The molecule has 13 heavy (non-hydrogen) atoms. The molecule has 2 aromatic heterocycles. The first-order valence-electron chi connectivity index (χ1n) is 4.41. The molecular formula is C9H9N3O. The number of hydrogen-bond donors (Lipinski definition) is 1. The first-order chi connectivity index (χ1) is 6.43. The molecule has 0 radical (unpaired) electrons. The lowest BCUT2D eigenvalue weighted by atomic mass is 10.4. The number of hydrogen-bond acceptors (Lipinski definition) is 3. The van der Waals surface area contributed by atoms with Crippen LogP contribution in [0.25, 0.3) is 11.6 Å². The lowest BCUT2D eigenvalue weighted by Gasteiger charge is -1.84. The molecule has 1 N–H and O–H groups in total. The average molecular weight is 175 g/mol. The van der Waals surface area contributed by atoms with Crippen LogP contribution in [0.1, 0.15) is 24.6 Å². The highest BCUT2D eigenvalue weighted by Gasteiger charge is 2.28. The first kappa shape index (κ1) is 6.88. The molecule has 0 saturated heterocycles. The van der Waals surface area contributed by atoms with E-state index in [4.69, 9.17) is 4.52 Å². The molecule has 0 bridgehead atoms. The van der Waals surface area contributed by atoms with Crippen molar-refractivity contribution in [3.63, 3.8) is 0 Å². The van der Waals surface area contributed by atoms with Gasteiger partial charge in [-0.25, -0.2) is 0 Å². The molecule has 66 valence electrons. The Morgan fingerprint density at radius 1 is 1.46 bits per heavy atom. The van der Waals surface area contributed by atoms with Gasteiger partial charge < -0.3 is 9.51 Å². The molecule has 0 amide bonds. The Morgan fingerprint density at radius 3 is 3.08 bits per heavy atom. The van der Waals surface area contributed by atoms with Crippen molar-refractivity contribution in [3.05, 3.63) is 24.2 Å². The summed E-state index contributed by atoms with van der Waals surface area (Å²) in [5.41, 5.74) is 0.888. The van der Waals surface area contributed by atoms with E-state index in [2.05, 4.69) is 15.1 Å². The van der Waals surface area contributed by atoms with Crippen LogP contribution in [-0.2, 0) is 0 Å². The largest absolute Gasteiger partial charge is 0.357 e. The van der Waals surface area contributed by atoms with Crippen LogP contribution in [-0.4, -0.2) is 15.1 Å². The summed E-state index contributed by atoms with van der Waals surface area (Å²) in [6.07, 6.45) is 4.24. The second-order valence-electron chi connectivity index (χ2n) is 3.32. The van der Waals surface area contributed by atoms with E-state index in [1.165, 1.54) is 12.8 Å². The number of rotatable bonds is 2. The van der Waals surface area contributed by atoms with E-state index in [1.807, 2.05) is 18.3 Å². The second kappa shape index (κ2) is 2.45. The predicted molar refractivity (Wildman–Crippen MR) is 46.1 cm³/mol. The van der Waals surface area contributed by atoms with E-state index in [-0.39, 0.29) is 0 Å². The zero-order chi connectivity index (χ0) is 8.67. The Morgan fingerprint density at radius 2 is 2.38 bits per heavy atom. The van der Waals surface area contributed by atoms with Gasteiger partial charge in [0, 0.05) is 12.1 Å². The summed E-state index contributed by atoms with van der Waals surface area (Å²) >= 11 is 0. The summed E-state index contributed by atoms with van der Waals surface area (Å²) in [5.74, 6) is 1.99. The van der Waals surface area contributed by atoms with Gasteiger partial charge >= 0.3 is 0 Å². The standard InChI is InChI=1S/C9H9N3O/c1-2-7(10-5-1)9-11-8(12-13-9)6-3-4-6/h1-2,5-6,10H,3-4H2. The molecule has 0 atom stereocenters. The topological polar surface area (TPSA) is 54.7 Å². The van der Waals surface area contributed by atoms with Gasteiger partial charge in [-0.2, -0.15) is 4.98 Å². The molecule has 2 heterocycles. The van der Waals surface area contributed by atoms with Crippen molar-refractivity contribution in [2.24, 2.45) is 0 Å². The Kier molecular flexibility index (Phi) is 1.30. The summed E-state index contributed by atoms with van der Waals surface area (Å²) in [7, 11) is 0. The molecule has 2 aromatic rings. The number of aromatic nitrogens is 3. The minimum Gasteiger partial charge on any atom is -0.357 e. The zero-order valence-electron chi connectivity index (χ0n) is 7.03. The maximum Gasteiger partial charge on any atom is 0.274 e. The van der Waals surface area contributed by atoms with E-state index in [0.29, 0.717) is 11.8 Å². The predicted octanol–water partition coefficient (Wildman–Crippen LogP) is 1.94. The summed E-state index contributed by atoms with van der Waals surface area (Å²) in [5, 5.41) is 3.93. The first-order valence-corrected chi connectivity index (χ1v) is 4.41. The molecule has 1 saturated carbocycles. The fourth-order valence-corrected chi connectivity index (χ4v) is 1.31. The molecule has 1 fully saturated rings. The second-order valence-corrected chi connectivity index (χ2v) is 3.32. The zero-order valence-corrected chi connectivity index (χ0v) is 7.03. The highest BCUT2D eigenvalue weighted by atomic mass is 16.5. The van der Waals surface area contributed by atoms with Gasteiger partial charge in [0.25, 0.3) is 5.89 Å². The Hall–Kier alpha value is -1.58. The van der Waals surface area contributed by atoms with Gasteiger partial charge in [0.15, 0.2) is 5.82 Å². The van der Waals surface area contributed by atoms with E-state index < -0.39 is 0 Å². The summed E-state index contributed by atoms with van der Waals surface area (Å²) in [6, 6.07) is 3.83. The van der Waals surface area contributed by atoms with Crippen LogP contribution in [0.4, 0.5) is 0 Å². The Balaban J connectivity index is 1.97. The molecule has 0 aromatic carbocycles. The minimum atomic E-state index is 0.549. The van der Waals surface area contributed by atoms with Crippen LogP contribution < -0.4 is 0 Å². The summed E-state index contributed by atoms with van der Waals surface area (Å²) in [6.45, 7) is 0. The van der Waals surface area contributed by atoms with Crippen molar-refractivity contribution in [1.82, 2.24) is 15.1 Å². The fraction of sp³-hybridized carbons (Fsp3) is 0.333. The lowest BCUT2D eigenvalue weighted by molar-refractivity contribution is 0.421. The maximum absolute atomic E-state index is 5.12. The third-order valence-corrected chi connectivity index (χ3v) is 2.21. The maximum atomic E-state index is 5.12. The van der Waals surface area contributed by atoms with Crippen LogP contribution in [0.3, 0.4) is 0 Å². The van der Waals surface area contributed by atoms with Crippen LogP contribution in [0, 0.1) is 0 Å². The molecular weight excluding hydrogens is 166 g/mol. The Labute approximate surface area is 75.0 Å². The minimum absolute atomic E-state index is 0.549. The molecule has 0 spiro atoms. The van der Waals surface area contributed by atoms with Crippen LogP contribution in [0.2, 0.25) is 0 Å². The fourth-order valence-electron chi connectivity index (χ4n) is 1.31. The lowest BCUT2D eigenvalue weighted by Crippen LogP contribution is -1.81. The molecule has 0 unspecified atom stereocenters. The summed E-state index contributed by atoms with van der Waals surface area (Å²) < 4.78 is 5.12. The monoisotopic (exact) mass is 175 g/mol. The van der Waals surface area contributed by atoms with Crippen molar-refractivity contribution in [2.45, 2.75) is 18.8 Å². The van der Waals surface area contributed by atoms with E-state index in [0.717, 1.165) is 11.5 Å². The van der Waals surface area contributed by atoms with Gasteiger partial charge in [-0.15, -0.1) is 0 Å². The molecule has 1 aliphatic carbocycles. The smallest absolute Gasteiger partial charge is 0.274 e. The SMILES string of the molecule is c1c[nH]c(-c2nc(C3CC3)no2)c1. The number of aromatic amines is 1. The number of nitrogens with zero attached hydrogens (tertiary/aromatic N) is 2. The van der Waals surface area contributed by atoms with Gasteiger partial charge in [-0.05, 0) is 25.0 Å². The van der Waals surface area contributed by atoms with Gasteiger partial charge in [0.05, 0.1) is 0 Å². The van der Waals surface area contributed by atoms with Crippen molar-refractivity contribution >= 4 is 0 Å². The van der Waals surface area contributed by atoms with Gasteiger partial charge in [0.2, 0.25) is 0 Å². The van der Waals surface area contributed by atoms with Crippen molar-refractivity contribution < 1.29 is 4.52 Å². The third-order valence-electron chi connectivity index (χ3n) is 2.21. The highest BCUT2D eigenvalue weighted by molar-refractivity contribution is 5.46. The van der Waals surface area contributed by atoms with Crippen molar-refractivity contribution in [1.29, 1.82) is 0 Å². The molecule has 0 aliphatic heterocycles. The van der Waals surface area contributed by atoms with Crippen LogP contribution in [0.5, 0.6) is 0 Å². The van der Waals surface area contributed by atoms with E-state index in [9.17, 15) is 0 Å². The van der Waals surface area contributed by atoms with Gasteiger partial charge in [0.1, 0.15) is 5.69 Å². The van der Waals surface area contributed by atoms with E-state index in [1.54, 1.807) is 0 Å². The van der Waals surface area contributed by atoms with Crippen LogP contribution in [0.15, 0.2) is 22.9 Å². The van der Waals surface area contributed by atoms with Crippen molar-refractivity contribution in [2.75, 3.05) is 0 Å². The quantitative estimate of drug-likeness (QED) is 0.758.